The Balaban J connectivity index is 1.63. The Morgan fingerprint density at radius 3 is 2.43 bits per heavy atom. The summed E-state index contributed by atoms with van der Waals surface area (Å²) in [5.41, 5.74) is 2.10. The molecule has 3 aromatic rings. The van der Waals surface area contributed by atoms with E-state index in [0.717, 1.165) is 0 Å². The number of nitrogens with one attached hydrogen (secondary N) is 1. The summed E-state index contributed by atoms with van der Waals surface area (Å²) in [7, 11) is 0. The molecule has 0 bridgehead atoms. The van der Waals surface area contributed by atoms with Crippen LogP contribution in [0.4, 0.5) is 5.69 Å². The fourth-order valence-corrected chi connectivity index (χ4v) is 3.13. The van der Waals surface area contributed by atoms with Gasteiger partial charge in [0.25, 0.3) is 0 Å². The van der Waals surface area contributed by atoms with Gasteiger partial charge in [-0.15, -0.1) is 0 Å². The molecular formula is C24H22ClNO4. The number of anilines is 1. The Bertz CT molecular complexity index is 1040. The van der Waals surface area contributed by atoms with Crippen LogP contribution >= 0.6 is 11.6 Å². The van der Waals surface area contributed by atoms with E-state index >= 15 is 0 Å². The van der Waals surface area contributed by atoms with Crippen molar-refractivity contribution in [2.75, 3.05) is 18.5 Å². The molecule has 0 spiro atoms. The number of Topliss-reactive ketones (excluding diaryl/α,β-unsaturated/α-hetero) is 1. The third-order valence-electron chi connectivity index (χ3n) is 4.49. The van der Waals surface area contributed by atoms with Crippen molar-refractivity contribution in [2.45, 2.75) is 13.0 Å². The van der Waals surface area contributed by atoms with Gasteiger partial charge in [0.1, 0.15) is 18.5 Å². The van der Waals surface area contributed by atoms with Gasteiger partial charge in [-0.3, -0.25) is 9.59 Å². The molecule has 0 unspecified atom stereocenters. The van der Waals surface area contributed by atoms with Gasteiger partial charge in [0.15, 0.2) is 11.6 Å². The number of para-hydroxylation sites is 1. The van der Waals surface area contributed by atoms with Crippen LogP contribution in [0.3, 0.4) is 0 Å². The summed E-state index contributed by atoms with van der Waals surface area (Å²) < 4.78 is 5.61. The molecule has 0 saturated carbocycles. The lowest BCUT2D eigenvalue weighted by Crippen LogP contribution is -2.27. The molecule has 0 radical (unpaired) electrons. The first-order valence-corrected chi connectivity index (χ1v) is 9.87. The minimum Gasteiger partial charge on any atom is -0.490 e. The van der Waals surface area contributed by atoms with Crippen molar-refractivity contribution in [2.24, 2.45) is 0 Å². The van der Waals surface area contributed by atoms with E-state index in [-0.39, 0.29) is 24.7 Å². The van der Waals surface area contributed by atoms with Gasteiger partial charge < -0.3 is 15.2 Å². The van der Waals surface area contributed by atoms with E-state index in [4.69, 9.17) is 16.3 Å². The van der Waals surface area contributed by atoms with Gasteiger partial charge in [-0.1, -0.05) is 54.1 Å². The molecule has 0 saturated heterocycles. The normalized spacial score (nSPS) is 11.6. The zero-order valence-electron chi connectivity index (χ0n) is 16.5. The van der Waals surface area contributed by atoms with Gasteiger partial charge in [-0.2, -0.15) is 0 Å². The lowest BCUT2D eigenvalue weighted by atomic mass is 10.0. The lowest BCUT2D eigenvalue weighted by molar-refractivity contribution is 0.0991. The van der Waals surface area contributed by atoms with Crippen LogP contribution in [-0.2, 0) is 0 Å². The van der Waals surface area contributed by atoms with Gasteiger partial charge in [-0.25, -0.2) is 0 Å². The first kappa shape index (κ1) is 21.6. The van der Waals surface area contributed by atoms with Gasteiger partial charge in [0, 0.05) is 28.4 Å². The molecule has 0 aliphatic rings. The summed E-state index contributed by atoms with van der Waals surface area (Å²) in [6.45, 7) is 1.57. The third kappa shape index (κ3) is 5.47. The van der Waals surface area contributed by atoms with Crippen LogP contribution in [-0.4, -0.2) is 35.9 Å². The maximum absolute atomic E-state index is 12.8. The van der Waals surface area contributed by atoms with E-state index < -0.39 is 6.10 Å². The van der Waals surface area contributed by atoms with Crippen LogP contribution in [0.5, 0.6) is 5.75 Å². The largest absolute Gasteiger partial charge is 0.490 e. The highest BCUT2D eigenvalue weighted by Crippen LogP contribution is 2.24. The molecule has 0 aliphatic carbocycles. The number of ketones is 2. The van der Waals surface area contributed by atoms with Crippen molar-refractivity contribution in [1.82, 2.24) is 0 Å². The number of aliphatic hydroxyl groups is 1. The van der Waals surface area contributed by atoms with Crippen molar-refractivity contribution in [3.8, 4) is 5.75 Å². The Labute approximate surface area is 180 Å². The molecule has 0 heterocycles. The van der Waals surface area contributed by atoms with Crippen LogP contribution in [0.1, 0.15) is 33.2 Å². The van der Waals surface area contributed by atoms with E-state index in [9.17, 15) is 14.7 Å². The fourth-order valence-electron chi connectivity index (χ4n) is 2.96. The highest BCUT2D eigenvalue weighted by Gasteiger charge is 2.15. The first-order valence-electron chi connectivity index (χ1n) is 9.49. The van der Waals surface area contributed by atoms with Crippen LogP contribution in [0, 0.1) is 0 Å². The second-order valence-electron chi connectivity index (χ2n) is 6.78. The summed E-state index contributed by atoms with van der Waals surface area (Å²) in [6, 6.07) is 20.9. The van der Waals surface area contributed by atoms with E-state index in [2.05, 4.69) is 5.32 Å². The number of benzene rings is 3. The smallest absolute Gasteiger partial charge is 0.195 e. The summed E-state index contributed by atoms with van der Waals surface area (Å²) >= 11 is 5.93. The molecule has 5 nitrogen and oxygen atoms in total. The summed E-state index contributed by atoms with van der Waals surface area (Å²) in [6.07, 6.45) is -0.861. The van der Waals surface area contributed by atoms with Crippen LogP contribution in [0.15, 0.2) is 72.8 Å². The van der Waals surface area contributed by atoms with Crippen LogP contribution < -0.4 is 10.1 Å². The van der Waals surface area contributed by atoms with Gasteiger partial charge in [-0.05, 0) is 37.3 Å². The predicted molar refractivity (Wildman–Crippen MR) is 118 cm³/mol. The molecule has 3 rings (SSSR count). The summed E-state index contributed by atoms with van der Waals surface area (Å²) in [5, 5.41) is 13.9. The number of carbonyl (C=O) groups is 2. The van der Waals surface area contributed by atoms with Gasteiger partial charge >= 0.3 is 0 Å². The van der Waals surface area contributed by atoms with E-state index in [1.54, 1.807) is 42.5 Å². The molecule has 0 aromatic heterocycles. The summed E-state index contributed by atoms with van der Waals surface area (Å²) in [4.78, 5) is 24.5. The topological polar surface area (TPSA) is 75.6 Å². The molecule has 0 aliphatic heterocycles. The number of aliphatic hydroxyl groups excluding tert-OH is 1. The second-order valence-corrected chi connectivity index (χ2v) is 7.22. The SMILES string of the molecule is CC(=O)c1cc(Cl)ccc1OC[C@H](O)CNc1ccccc1C(=O)c1ccccc1. The minimum atomic E-state index is -0.861. The molecule has 1 atom stereocenters. The molecule has 3 aromatic carbocycles. The highest BCUT2D eigenvalue weighted by molar-refractivity contribution is 6.31. The van der Waals surface area contributed by atoms with Gasteiger partial charge in [0.05, 0.1) is 5.56 Å². The van der Waals surface area contributed by atoms with E-state index in [1.807, 2.05) is 24.3 Å². The average molecular weight is 424 g/mol. The van der Waals surface area contributed by atoms with Crippen molar-refractivity contribution < 1.29 is 19.4 Å². The van der Waals surface area contributed by atoms with Crippen LogP contribution in [0.2, 0.25) is 5.02 Å². The second kappa shape index (κ2) is 10.1. The van der Waals surface area contributed by atoms with Crippen molar-refractivity contribution in [3.05, 3.63) is 94.5 Å². The quantitative estimate of drug-likeness (QED) is 0.491. The molecule has 0 amide bonds. The Kier molecular flexibility index (Phi) is 7.22. The maximum atomic E-state index is 12.8. The molecular weight excluding hydrogens is 402 g/mol. The number of halogens is 1. The number of ether oxygens (including phenoxy) is 1. The van der Waals surface area contributed by atoms with Gasteiger partial charge in [0.2, 0.25) is 0 Å². The van der Waals surface area contributed by atoms with Crippen molar-refractivity contribution in [3.63, 3.8) is 0 Å². The van der Waals surface area contributed by atoms with E-state index in [0.29, 0.717) is 33.1 Å². The molecule has 154 valence electrons. The van der Waals surface area contributed by atoms with E-state index in [1.165, 1.54) is 13.0 Å². The molecule has 30 heavy (non-hydrogen) atoms. The number of hydrogen-bond donors (Lipinski definition) is 2. The molecule has 0 fully saturated rings. The lowest BCUT2D eigenvalue weighted by Gasteiger charge is -2.17. The predicted octanol–water partition coefficient (Wildman–Crippen LogP) is 4.63. The highest BCUT2D eigenvalue weighted by atomic mass is 35.5. The monoisotopic (exact) mass is 423 g/mol. The zero-order chi connectivity index (χ0) is 21.5. The third-order valence-corrected chi connectivity index (χ3v) is 4.72. The molecule has 6 heteroatoms. The Morgan fingerprint density at radius 2 is 1.70 bits per heavy atom. The Hall–Kier alpha value is -3.15. The maximum Gasteiger partial charge on any atom is 0.195 e. The minimum absolute atomic E-state index is 0.0241. The molecule has 2 N–H and O–H groups in total. The first-order chi connectivity index (χ1) is 14.5. The standard InChI is InChI=1S/C24H22ClNO4/c1-16(27)21-13-18(25)11-12-23(21)30-15-19(28)14-26-22-10-6-5-9-20(22)24(29)17-7-3-2-4-8-17/h2-13,19,26,28H,14-15H2,1H3/t19-/m1/s1. The average Bonchev–Trinajstić information content (AvgIpc) is 2.77. The zero-order valence-corrected chi connectivity index (χ0v) is 17.2. The van der Waals surface area contributed by atoms with Crippen molar-refractivity contribution >= 4 is 28.9 Å². The number of hydrogen-bond acceptors (Lipinski definition) is 5. The summed E-state index contributed by atoms with van der Waals surface area (Å²) in [5.74, 6) is 0.0933. The van der Waals surface area contributed by atoms with Crippen LogP contribution in [0.25, 0.3) is 0 Å². The number of rotatable bonds is 9. The number of carbonyl (C=O) groups excluding carboxylic acids is 2. The Morgan fingerprint density at radius 1 is 1.00 bits per heavy atom. The van der Waals surface area contributed by atoms with Crippen molar-refractivity contribution in [1.29, 1.82) is 0 Å². The fraction of sp³-hybridized carbons (Fsp3) is 0.167.